The minimum Gasteiger partial charge on any atom is -0.340 e. The first-order valence-corrected chi connectivity index (χ1v) is 9.35. The average Bonchev–Trinajstić information content (AvgIpc) is 2.68. The van der Waals surface area contributed by atoms with Gasteiger partial charge >= 0.3 is 0 Å². The third kappa shape index (κ3) is 5.04. The maximum atomic E-state index is 12.6. The predicted octanol–water partition coefficient (Wildman–Crippen LogP) is 4.97. The van der Waals surface area contributed by atoms with Crippen LogP contribution in [-0.2, 0) is 5.41 Å². The molecule has 0 saturated heterocycles. The summed E-state index contributed by atoms with van der Waals surface area (Å²) in [7, 11) is 0. The molecule has 6 nitrogen and oxygen atoms in total. The number of para-hydroxylation sites is 1. The van der Waals surface area contributed by atoms with E-state index < -0.39 is 0 Å². The number of aromatic nitrogens is 2. The van der Waals surface area contributed by atoms with Gasteiger partial charge in [0, 0.05) is 23.0 Å². The smallest absolute Gasteiger partial charge is 0.274 e. The van der Waals surface area contributed by atoms with Gasteiger partial charge in [-0.05, 0) is 48.2 Å². The van der Waals surface area contributed by atoms with E-state index in [1.54, 1.807) is 30.3 Å². The zero-order chi connectivity index (χ0) is 21.0. The van der Waals surface area contributed by atoms with Crippen LogP contribution in [0.25, 0.3) is 0 Å². The molecule has 0 saturated carbocycles. The Morgan fingerprint density at radius 3 is 2.28 bits per heavy atom. The first-order valence-electron chi connectivity index (χ1n) is 9.35. The molecular weight excluding hydrogens is 364 g/mol. The van der Waals surface area contributed by atoms with Crippen molar-refractivity contribution in [1.82, 2.24) is 9.97 Å². The third-order valence-corrected chi connectivity index (χ3v) is 4.45. The summed E-state index contributed by atoms with van der Waals surface area (Å²) in [6, 6.07) is 16.4. The first-order chi connectivity index (χ1) is 13.7. The van der Waals surface area contributed by atoms with Crippen molar-refractivity contribution in [3.8, 4) is 0 Å². The van der Waals surface area contributed by atoms with Crippen LogP contribution in [-0.4, -0.2) is 21.7 Å². The quantitative estimate of drug-likeness (QED) is 0.603. The summed E-state index contributed by atoms with van der Waals surface area (Å²) in [4.78, 5) is 32.2. The molecule has 0 radical (unpaired) electrons. The van der Waals surface area contributed by atoms with E-state index in [2.05, 4.69) is 47.4 Å². The summed E-state index contributed by atoms with van der Waals surface area (Å²) < 4.78 is 0. The van der Waals surface area contributed by atoms with Gasteiger partial charge in [-0.1, -0.05) is 39.0 Å². The van der Waals surface area contributed by atoms with Crippen molar-refractivity contribution in [2.75, 3.05) is 10.6 Å². The molecule has 1 aromatic heterocycles. The maximum Gasteiger partial charge on any atom is 0.274 e. The molecular formula is C23H24N4O2. The fourth-order valence-electron chi connectivity index (χ4n) is 2.92. The molecule has 0 aliphatic carbocycles. The number of carbonyl (C=O) groups excluding carboxylic acids is 2. The van der Waals surface area contributed by atoms with Crippen molar-refractivity contribution in [3.63, 3.8) is 0 Å². The Kier molecular flexibility index (Phi) is 5.73. The van der Waals surface area contributed by atoms with Crippen LogP contribution in [0.5, 0.6) is 0 Å². The van der Waals surface area contributed by atoms with Gasteiger partial charge < -0.3 is 10.6 Å². The highest BCUT2D eigenvalue weighted by Crippen LogP contribution is 2.30. The Labute approximate surface area is 170 Å². The zero-order valence-electron chi connectivity index (χ0n) is 17.0. The number of Topliss-reactive ketones (excluding diaryl/α,β-unsaturated/α-hetero) is 1. The lowest BCUT2D eigenvalue weighted by Crippen LogP contribution is -2.15. The van der Waals surface area contributed by atoms with E-state index in [-0.39, 0.29) is 22.8 Å². The number of benzene rings is 2. The Bertz CT molecular complexity index is 1040. The fraction of sp³-hybridized carbons (Fsp3) is 0.217. The first kappa shape index (κ1) is 20.2. The van der Waals surface area contributed by atoms with E-state index in [4.69, 9.17) is 0 Å². The highest BCUT2D eigenvalue weighted by atomic mass is 16.2. The Balaban J connectivity index is 1.78. The van der Waals surface area contributed by atoms with E-state index >= 15 is 0 Å². The minimum absolute atomic E-state index is 0.0232. The number of rotatable bonds is 5. The lowest BCUT2D eigenvalue weighted by Gasteiger charge is -2.23. The molecule has 2 N–H and O–H groups in total. The molecule has 0 atom stereocenters. The van der Waals surface area contributed by atoms with Gasteiger partial charge in [0.1, 0.15) is 17.8 Å². The van der Waals surface area contributed by atoms with Gasteiger partial charge in [-0.3, -0.25) is 9.59 Å². The lowest BCUT2D eigenvalue weighted by molar-refractivity contribution is 0.101. The second-order valence-electron chi connectivity index (χ2n) is 7.80. The predicted molar refractivity (Wildman–Crippen MR) is 115 cm³/mol. The number of amides is 1. The normalized spacial score (nSPS) is 11.0. The molecule has 3 rings (SSSR count). The van der Waals surface area contributed by atoms with Crippen molar-refractivity contribution in [3.05, 3.63) is 77.7 Å². The van der Waals surface area contributed by atoms with E-state index in [1.165, 1.54) is 13.3 Å². The number of hydrogen-bond donors (Lipinski definition) is 2. The molecule has 0 unspecified atom stereocenters. The molecule has 0 fully saturated rings. The summed E-state index contributed by atoms with van der Waals surface area (Å²) in [5.41, 5.74) is 3.47. The number of hydrogen-bond acceptors (Lipinski definition) is 5. The second-order valence-corrected chi connectivity index (χ2v) is 7.80. The van der Waals surface area contributed by atoms with Gasteiger partial charge in [0.25, 0.3) is 5.91 Å². The molecule has 1 amide bonds. The van der Waals surface area contributed by atoms with Crippen LogP contribution in [0, 0.1) is 0 Å². The number of nitrogens with one attached hydrogen (secondary N) is 2. The van der Waals surface area contributed by atoms with Gasteiger partial charge in [-0.2, -0.15) is 0 Å². The Morgan fingerprint density at radius 2 is 1.62 bits per heavy atom. The molecule has 1 heterocycles. The van der Waals surface area contributed by atoms with E-state index in [1.807, 2.05) is 18.2 Å². The highest BCUT2D eigenvalue weighted by Gasteiger charge is 2.18. The van der Waals surface area contributed by atoms with Crippen molar-refractivity contribution in [2.24, 2.45) is 0 Å². The van der Waals surface area contributed by atoms with Crippen LogP contribution in [0.2, 0.25) is 0 Å². The molecule has 2 aromatic carbocycles. The van der Waals surface area contributed by atoms with Gasteiger partial charge in [-0.25, -0.2) is 9.97 Å². The van der Waals surface area contributed by atoms with Gasteiger partial charge in [0.15, 0.2) is 5.78 Å². The van der Waals surface area contributed by atoms with Gasteiger partial charge in [-0.15, -0.1) is 0 Å². The SMILES string of the molecule is CC(=O)c1ccc(NC(=O)c2cc(Nc3ccccc3C(C)(C)C)ncn2)cc1. The second kappa shape index (κ2) is 8.22. The maximum absolute atomic E-state index is 12.6. The van der Waals surface area contributed by atoms with Crippen LogP contribution in [0.15, 0.2) is 60.9 Å². The third-order valence-electron chi connectivity index (χ3n) is 4.45. The van der Waals surface area contributed by atoms with E-state index in [9.17, 15) is 9.59 Å². The van der Waals surface area contributed by atoms with E-state index in [0.717, 1.165) is 11.3 Å². The standard InChI is InChI=1S/C23H24N4O2/c1-15(28)16-9-11-17(12-10-16)26-22(29)20-13-21(25-14-24-20)27-19-8-6-5-7-18(19)23(2,3)4/h5-14H,1-4H3,(H,26,29)(H,24,25,27). The number of carbonyl (C=O) groups is 2. The molecule has 148 valence electrons. The molecule has 0 aliphatic rings. The number of ketones is 1. The fourth-order valence-corrected chi connectivity index (χ4v) is 2.92. The van der Waals surface area contributed by atoms with Crippen molar-refractivity contribution >= 4 is 28.9 Å². The van der Waals surface area contributed by atoms with Crippen LogP contribution in [0.4, 0.5) is 17.2 Å². The molecule has 0 bridgehead atoms. The molecule has 29 heavy (non-hydrogen) atoms. The topological polar surface area (TPSA) is 84.0 Å². The van der Waals surface area contributed by atoms with E-state index in [0.29, 0.717) is 17.1 Å². The van der Waals surface area contributed by atoms with Gasteiger partial charge in [0.2, 0.25) is 0 Å². The summed E-state index contributed by atoms with van der Waals surface area (Å²) in [5.74, 6) is 0.161. The van der Waals surface area contributed by atoms with Crippen LogP contribution >= 0.6 is 0 Å². The largest absolute Gasteiger partial charge is 0.340 e. The van der Waals surface area contributed by atoms with Crippen molar-refractivity contribution in [2.45, 2.75) is 33.1 Å². The van der Waals surface area contributed by atoms with Crippen LogP contribution in [0.3, 0.4) is 0 Å². The number of nitrogens with zero attached hydrogens (tertiary/aromatic N) is 2. The molecule has 0 spiro atoms. The summed E-state index contributed by atoms with van der Waals surface area (Å²) in [5, 5.41) is 6.07. The molecule has 6 heteroatoms. The number of anilines is 3. The Morgan fingerprint density at radius 1 is 0.931 bits per heavy atom. The summed E-state index contributed by atoms with van der Waals surface area (Å²) >= 11 is 0. The van der Waals surface area contributed by atoms with Crippen LogP contribution in [0.1, 0.15) is 54.1 Å². The van der Waals surface area contributed by atoms with Crippen LogP contribution < -0.4 is 10.6 Å². The van der Waals surface area contributed by atoms with Crippen molar-refractivity contribution in [1.29, 1.82) is 0 Å². The summed E-state index contributed by atoms with van der Waals surface area (Å²) in [6.45, 7) is 7.93. The highest BCUT2D eigenvalue weighted by molar-refractivity contribution is 6.03. The monoisotopic (exact) mass is 388 g/mol. The average molecular weight is 388 g/mol. The Hall–Kier alpha value is -3.54. The minimum atomic E-state index is -0.352. The zero-order valence-corrected chi connectivity index (χ0v) is 17.0. The summed E-state index contributed by atoms with van der Waals surface area (Å²) in [6.07, 6.45) is 1.36. The van der Waals surface area contributed by atoms with Crippen molar-refractivity contribution < 1.29 is 9.59 Å². The molecule has 3 aromatic rings. The van der Waals surface area contributed by atoms with Gasteiger partial charge in [0.05, 0.1) is 0 Å². The lowest BCUT2D eigenvalue weighted by atomic mass is 9.86. The molecule has 0 aliphatic heterocycles.